The zero-order chi connectivity index (χ0) is 17.1. The van der Waals surface area contributed by atoms with Crippen LogP contribution in [0.5, 0.6) is 0 Å². The van der Waals surface area contributed by atoms with E-state index in [-0.39, 0.29) is 5.56 Å². The number of hydrogen-bond acceptors (Lipinski definition) is 7. The monoisotopic (exact) mass is 326 g/mol. The summed E-state index contributed by atoms with van der Waals surface area (Å²) in [5.41, 5.74) is 3.51. The highest BCUT2D eigenvalue weighted by Crippen LogP contribution is 2.22. The second kappa shape index (κ2) is 6.24. The molecule has 0 saturated carbocycles. The summed E-state index contributed by atoms with van der Waals surface area (Å²) in [5.74, 6) is 6.56. The number of nitrogen functional groups attached to an aromatic ring is 1. The number of aromatic nitrogens is 3. The van der Waals surface area contributed by atoms with Crippen LogP contribution >= 0.6 is 0 Å². The molecule has 0 aliphatic carbocycles. The van der Waals surface area contributed by atoms with Gasteiger partial charge in [0.15, 0.2) is 5.82 Å². The molecular weight excluding hydrogens is 312 g/mol. The van der Waals surface area contributed by atoms with Crippen LogP contribution in [-0.2, 0) is 0 Å². The molecule has 0 radical (unpaired) electrons. The Bertz CT molecular complexity index is 912. The number of nitrogens with two attached hydrogens (primary N) is 1. The Morgan fingerprint density at radius 2 is 2.21 bits per heavy atom. The lowest BCUT2D eigenvalue weighted by Gasteiger charge is -1.99. The summed E-state index contributed by atoms with van der Waals surface area (Å²) in [5, 5.41) is 20.6. The number of hydrazone groups is 1. The van der Waals surface area contributed by atoms with Crippen molar-refractivity contribution < 1.29 is 14.3 Å². The molecule has 0 aliphatic heterocycles. The summed E-state index contributed by atoms with van der Waals surface area (Å²) in [6, 6.07) is 9.94. The fourth-order valence-electron chi connectivity index (χ4n) is 1.98. The van der Waals surface area contributed by atoms with Gasteiger partial charge in [-0.15, -0.1) is 10.2 Å². The minimum atomic E-state index is -0.990. The summed E-state index contributed by atoms with van der Waals surface area (Å²) in [4.78, 5) is 11.0. The van der Waals surface area contributed by atoms with Gasteiger partial charge in [-0.05, 0) is 31.2 Å². The molecule has 24 heavy (non-hydrogen) atoms. The number of aryl methyl sites for hydroxylation is 1. The number of anilines is 1. The zero-order valence-electron chi connectivity index (χ0n) is 12.7. The van der Waals surface area contributed by atoms with Gasteiger partial charge in [-0.1, -0.05) is 12.1 Å². The van der Waals surface area contributed by atoms with Gasteiger partial charge in [-0.2, -0.15) is 5.10 Å². The summed E-state index contributed by atoms with van der Waals surface area (Å²) in [6.07, 6.45) is 1.45. The molecular formula is C15H14N6O3. The lowest BCUT2D eigenvalue weighted by molar-refractivity contribution is 0.0697. The fraction of sp³-hybridized carbons (Fsp3) is 0.0667. The van der Waals surface area contributed by atoms with Gasteiger partial charge in [0.05, 0.1) is 11.8 Å². The third-order valence-electron chi connectivity index (χ3n) is 3.24. The molecule has 4 N–H and O–H groups in total. The van der Waals surface area contributed by atoms with Crippen molar-refractivity contribution in [2.75, 3.05) is 11.3 Å². The van der Waals surface area contributed by atoms with E-state index in [9.17, 15) is 4.79 Å². The second-order valence-electron chi connectivity index (χ2n) is 4.90. The number of aromatic carboxylic acids is 1. The minimum absolute atomic E-state index is 0.193. The van der Waals surface area contributed by atoms with E-state index in [2.05, 4.69) is 20.7 Å². The Morgan fingerprint density at radius 3 is 2.92 bits per heavy atom. The molecule has 0 bridgehead atoms. The van der Waals surface area contributed by atoms with Crippen LogP contribution in [0.15, 0.2) is 45.9 Å². The average molecular weight is 326 g/mol. The van der Waals surface area contributed by atoms with E-state index in [0.717, 1.165) is 0 Å². The summed E-state index contributed by atoms with van der Waals surface area (Å²) in [6.45, 7) is 1.71. The molecule has 0 amide bonds. The Kier molecular flexibility index (Phi) is 3.98. The first kappa shape index (κ1) is 15.3. The topological polar surface area (TPSA) is 132 Å². The number of nitrogens with zero attached hydrogens (tertiary/aromatic N) is 4. The first-order valence-corrected chi connectivity index (χ1v) is 6.94. The highest BCUT2D eigenvalue weighted by molar-refractivity contribution is 5.89. The van der Waals surface area contributed by atoms with Crippen LogP contribution in [0.4, 0.5) is 5.95 Å². The fourth-order valence-corrected chi connectivity index (χ4v) is 1.98. The van der Waals surface area contributed by atoms with E-state index in [1.54, 1.807) is 37.3 Å². The van der Waals surface area contributed by atoms with Crippen LogP contribution in [0.25, 0.3) is 11.3 Å². The molecule has 0 fully saturated rings. The van der Waals surface area contributed by atoms with Crippen LogP contribution in [0.1, 0.15) is 21.9 Å². The minimum Gasteiger partial charge on any atom is -0.478 e. The molecule has 0 unspecified atom stereocenters. The maximum absolute atomic E-state index is 11.0. The number of nitrogens with one attached hydrogen (secondary N) is 1. The predicted molar refractivity (Wildman–Crippen MR) is 87.2 cm³/mol. The van der Waals surface area contributed by atoms with Gasteiger partial charge in [-0.25, -0.2) is 14.9 Å². The first-order chi connectivity index (χ1) is 11.5. The molecule has 0 aliphatic rings. The molecule has 0 saturated heterocycles. The normalized spacial score (nSPS) is 11.0. The number of carboxylic acids is 1. The van der Waals surface area contributed by atoms with Crippen LogP contribution in [-0.4, -0.2) is 32.2 Å². The molecule has 3 rings (SSSR count). The van der Waals surface area contributed by atoms with E-state index >= 15 is 0 Å². The van der Waals surface area contributed by atoms with Gasteiger partial charge < -0.3 is 15.4 Å². The van der Waals surface area contributed by atoms with Gasteiger partial charge in [0.2, 0.25) is 0 Å². The third kappa shape index (κ3) is 3.09. The van der Waals surface area contributed by atoms with Gasteiger partial charge in [0.1, 0.15) is 11.5 Å². The van der Waals surface area contributed by atoms with Crippen molar-refractivity contribution in [2.45, 2.75) is 6.92 Å². The summed E-state index contributed by atoms with van der Waals surface area (Å²) >= 11 is 0. The molecule has 9 nitrogen and oxygen atoms in total. The van der Waals surface area contributed by atoms with Crippen molar-refractivity contribution in [3.8, 4) is 11.3 Å². The molecule has 122 valence electrons. The molecule has 9 heteroatoms. The SMILES string of the molecule is Cc1nnc(N/N=C\c2ccc(-c3cccc(C(=O)O)c3)o2)n1N. The van der Waals surface area contributed by atoms with Crippen LogP contribution in [0, 0.1) is 6.92 Å². The highest BCUT2D eigenvalue weighted by atomic mass is 16.4. The molecule has 0 atom stereocenters. The highest BCUT2D eigenvalue weighted by Gasteiger charge is 2.08. The third-order valence-corrected chi connectivity index (χ3v) is 3.24. The van der Waals surface area contributed by atoms with Gasteiger partial charge in [0, 0.05) is 5.56 Å². The molecule has 3 aromatic rings. The maximum atomic E-state index is 11.0. The molecule has 2 heterocycles. The molecule has 2 aromatic heterocycles. The van der Waals surface area contributed by atoms with Crippen LogP contribution in [0.2, 0.25) is 0 Å². The smallest absolute Gasteiger partial charge is 0.335 e. The largest absolute Gasteiger partial charge is 0.478 e. The van der Waals surface area contributed by atoms with E-state index in [1.165, 1.54) is 17.0 Å². The molecule has 0 spiro atoms. The lowest BCUT2D eigenvalue weighted by atomic mass is 10.1. The maximum Gasteiger partial charge on any atom is 0.335 e. The Morgan fingerprint density at radius 1 is 1.38 bits per heavy atom. The van der Waals surface area contributed by atoms with Gasteiger partial charge >= 0.3 is 5.97 Å². The van der Waals surface area contributed by atoms with E-state index < -0.39 is 5.97 Å². The quantitative estimate of drug-likeness (QED) is 0.369. The van der Waals surface area contributed by atoms with Crippen LogP contribution in [0.3, 0.4) is 0 Å². The predicted octanol–water partition coefficient (Wildman–Crippen LogP) is 1.70. The van der Waals surface area contributed by atoms with Crippen molar-refractivity contribution >= 4 is 18.1 Å². The van der Waals surface area contributed by atoms with Crippen molar-refractivity contribution in [3.05, 3.63) is 53.5 Å². The number of carbonyl (C=O) groups is 1. The Hall–Kier alpha value is -3.62. The Balaban J connectivity index is 1.73. The Labute approximate surface area is 136 Å². The number of carboxylic acid groups (broad SMARTS) is 1. The summed E-state index contributed by atoms with van der Waals surface area (Å²) in [7, 11) is 0. The first-order valence-electron chi connectivity index (χ1n) is 6.94. The van der Waals surface area contributed by atoms with Crippen molar-refractivity contribution in [1.29, 1.82) is 0 Å². The van der Waals surface area contributed by atoms with Crippen molar-refractivity contribution in [2.24, 2.45) is 5.10 Å². The average Bonchev–Trinajstić information content (AvgIpc) is 3.17. The van der Waals surface area contributed by atoms with E-state index in [4.69, 9.17) is 15.4 Å². The lowest BCUT2D eigenvalue weighted by Crippen LogP contribution is -2.13. The van der Waals surface area contributed by atoms with Gasteiger partial charge in [-0.3, -0.25) is 0 Å². The van der Waals surface area contributed by atoms with E-state index in [1.807, 2.05) is 0 Å². The van der Waals surface area contributed by atoms with Crippen molar-refractivity contribution in [1.82, 2.24) is 14.9 Å². The zero-order valence-corrected chi connectivity index (χ0v) is 12.7. The second-order valence-corrected chi connectivity index (χ2v) is 4.90. The number of rotatable bonds is 5. The molecule has 1 aromatic carbocycles. The van der Waals surface area contributed by atoms with E-state index in [0.29, 0.717) is 28.9 Å². The standard InChI is InChI=1S/C15H14N6O3/c1-9-18-20-15(21(9)16)19-17-8-12-5-6-13(24-12)10-3-2-4-11(7-10)14(22)23/h2-8H,16H2,1H3,(H,19,20)(H,22,23)/b17-8-. The van der Waals surface area contributed by atoms with Gasteiger partial charge in [0.25, 0.3) is 5.95 Å². The number of hydrogen-bond donors (Lipinski definition) is 3. The summed E-state index contributed by atoms with van der Waals surface area (Å²) < 4.78 is 6.89. The number of furan rings is 1. The van der Waals surface area contributed by atoms with Crippen LogP contribution < -0.4 is 11.3 Å². The number of benzene rings is 1. The van der Waals surface area contributed by atoms with Crippen molar-refractivity contribution in [3.63, 3.8) is 0 Å².